The molecular formula is C9H12IN3O6. The molecule has 0 unspecified atom stereocenters. The fourth-order valence-electron chi connectivity index (χ4n) is 1.93. The summed E-state index contributed by atoms with van der Waals surface area (Å²) in [7, 11) is 0. The van der Waals surface area contributed by atoms with E-state index in [1.54, 1.807) is 0 Å². The SMILES string of the molecule is O=[N+]([O-])c1nccn1[C@@H]1O[C@H](CI)[C@@H](O)[C@H](O)[C@H]1O. The van der Waals surface area contributed by atoms with Crippen LogP contribution in [0.25, 0.3) is 0 Å². The number of ether oxygens (including phenoxy) is 1. The number of nitrogens with zero attached hydrogens (tertiary/aromatic N) is 3. The van der Waals surface area contributed by atoms with Crippen molar-refractivity contribution in [2.45, 2.75) is 30.6 Å². The maximum absolute atomic E-state index is 10.8. The molecule has 10 heteroatoms. The molecule has 1 aliphatic rings. The van der Waals surface area contributed by atoms with Crippen LogP contribution in [0.2, 0.25) is 0 Å². The Kier molecular flexibility index (Phi) is 4.35. The van der Waals surface area contributed by atoms with Gasteiger partial charge in [-0.3, -0.25) is 0 Å². The molecule has 0 radical (unpaired) electrons. The third kappa shape index (κ3) is 2.58. The Hall–Kier alpha value is -0.820. The molecule has 0 aliphatic carbocycles. The van der Waals surface area contributed by atoms with E-state index in [-0.39, 0.29) is 0 Å². The van der Waals surface area contributed by atoms with Crippen LogP contribution in [0.15, 0.2) is 12.4 Å². The summed E-state index contributed by atoms with van der Waals surface area (Å²) in [5.74, 6) is -0.500. The van der Waals surface area contributed by atoms with Gasteiger partial charge in [0.15, 0.2) is 0 Å². The van der Waals surface area contributed by atoms with E-state index in [9.17, 15) is 25.4 Å². The van der Waals surface area contributed by atoms with Gasteiger partial charge in [0, 0.05) is 4.43 Å². The molecule has 0 bridgehead atoms. The van der Waals surface area contributed by atoms with Gasteiger partial charge in [0.05, 0.1) is 6.10 Å². The van der Waals surface area contributed by atoms with E-state index in [4.69, 9.17) is 4.74 Å². The number of nitro groups is 1. The lowest BCUT2D eigenvalue weighted by atomic mass is 9.99. The number of halogens is 1. The minimum Gasteiger partial charge on any atom is -0.390 e. The minimum atomic E-state index is -1.48. The third-order valence-electron chi connectivity index (χ3n) is 2.92. The molecule has 0 spiro atoms. The normalized spacial score (nSPS) is 35.3. The number of aromatic nitrogens is 2. The smallest absolute Gasteiger partial charge is 0.390 e. The highest BCUT2D eigenvalue weighted by atomic mass is 127. The minimum absolute atomic E-state index is 0.363. The average molecular weight is 385 g/mol. The number of imidazole rings is 1. The highest BCUT2D eigenvalue weighted by Crippen LogP contribution is 2.31. The number of hydrogen-bond acceptors (Lipinski definition) is 7. The number of alkyl halides is 1. The van der Waals surface area contributed by atoms with Crippen molar-refractivity contribution in [1.29, 1.82) is 0 Å². The van der Waals surface area contributed by atoms with Crippen LogP contribution in [-0.2, 0) is 4.74 Å². The fourth-order valence-corrected chi connectivity index (χ4v) is 2.66. The number of rotatable bonds is 3. The predicted octanol–water partition coefficient (Wildman–Crippen LogP) is -0.794. The van der Waals surface area contributed by atoms with Gasteiger partial charge in [-0.2, -0.15) is 4.57 Å². The summed E-state index contributed by atoms with van der Waals surface area (Å²) < 4.78 is 6.81. The zero-order valence-electron chi connectivity index (χ0n) is 9.53. The molecule has 19 heavy (non-hydrogen) atoms. The molecule has 1 aliphatic heterocycles. The van der Waals surface area contributed by atoms with Gasteiger partial charge in [-0.1, -0.05) is 27.6 Å². The summed E-state index contributed by atoms with van der Waals surface area (Å²) in [4.78, 5) is 13.6. The van der Waals surface area contributed by atoms with Crippen molar-refractivity contribution in [1.82, 2.24) is 9.55 Å². The van der Waals surface area contributed by atoms with Crippen LogP contribution in [0, 0.1) is 10.1 Å². The van der Waals surface area contributed by atoms with Crippen molar-refractivity contribution in [3.8, 4) is 0 Å². The third-order valence-corrected chi connectivity index (χ3v) is 3.79. The molecule has 1 saturated heterocycles. The van der Waals surface area contributed by atoms with Crippen molar-refractivity contribution < 1.29 is 25.0 Å². The first-order chi connectivity index (χ1) is 8.97. The lowest BCUT2D eigenvalue weighted by molar-refractivity contribution is -0.400. The van der Waals surface area contributed by atoms with Gasteiger partial charge >= 0.3 is 5.95 Å². The summed E-state index contributed by atoms with van der Waals surface area (Å²) in [6, 6.07) is 0. The molecular weight excluding hydrogens is 373 g/mol. The van der Waals surface area contributed by atoms with E-state index >= 15 is 0 Å². The zero-order valence-corrected chi connectivity index (χ0v) is 11.7. The molecule has 2 rings (SSSR count). The van der Waals surface area contributed by atoms with Crippen molar-refractivity contribution >= 4 is 28.5 Å². The molecule has 2 heterocycles. The highest BCUT2D eigenvalue weighted by molar-refractivity contribution is 14.1. The average Bonchev–Trinajstić information content (AvgIpc) is 2.85. The standard InChI is InChI=1S/C9H12IN3O6/c10-3-4-5(14)6(15)7(16)8(19-4)12-2-1-11-9(12)13(17)18/h1-2,4-8,14-16H,3H2/t4-,5-,6+,7-,8-/m1/s1. The van der Waals surface area contributed by atoms with Crippen LogP contribution < -0.4 is 0 Å². The molecule has 106 valence electrons. The van der Waals surface area contributed by atoms with Crippen molar-refractivity contribution in [2.24, 2.45) is 0 Å². The monoisotopic (exact) mass is 385 g/mol. The quantitative estimate of drug-likeness (QED) is 0.269. The summed E-state index contributed by atoms with van der Waals surface area (Å²) in [6.45, 7) is 0. The van der Waals surface area contributed by atoms with Crippen LogP contribution in [0.4, 0.5) is 5.95 Å². The first-order valence-electron chi connectivity index (χ1n) is 5.40. The van der Waals surface area contributed by atoms with Crippen molar-refractivity contribution in [3.63, 3.8) is 0 Å². The topological polar surface area (TPSA) is 131 Å². The Labute approximate surface area is 121 Å². The molecule has 1 aromatic rings. The van der Waals surface area contributed by atoms with Gasteiger partial charge in [0.1, 0.15) is 30.7 Å². The van der Waals surface area contributed by atoms with E-state index in [2.05, 4.69) is 4.98 Å². The summed E-state index contributed by atoms with van der Waals surface area (Å²) in [5.41, 5.74) is 0. The van der Waals surface area contributed by atoms with E-state index in [0.717, 1.165) is 4.57 Å². The van der Waals surface area contributed by atoms with Crippen LogP contribution in [0.3, 0.4) is 0 Å². The van der Waals surface area contributed by atoms with Crippen LogP contribution in [0.1, 0.15) is 6.23 Å². The fraction of sp³-hybridized carbons (Fsp3) is 0.667. The molecule has 3 N–H and O–H groups in total. The Morgan fingerprint density at radius 1 is 1.42 bits per heavy atom. The number of aliphatic hydroxyl groups is 3. The first kappa shape index (κ1) is 14.6. The molecule has 1 fully saturated rings. The molecule has 0 saturated carbocycles. The molecule has 5 atom stereocenters. The molecule has 9 nitrogen and oxygen atoms in total. The van der Waals surface area contributed by atoms with Crippen LogP contribution in [0.5, 0.6) is 0 Å². The lowest BCUT2D eigenvalue weighted by Gasteiger charge is -2.38. The second kappa shape index (κ2) is 5.66. The van der Waals surface area contributed by atoms with Gasteiger partial charge in [-0.05, 0) is 4.92 Å². The second-order valence-corrected chi connectivity index (χ2v) is 4.96. The molecule has 1 aromatic heterocycles. The maximum atomic E-state index is 10.8. The molecule has 0 amide bonds. The Morgan fingerprint density at radius 2 is 2.11 bits per heavy atom. The van der Waals surface area contributed by atoms with Gasteiger partial charge < -0.3 is 30.2 Å². The Bertz CT molecular complexity index is 467. The van der Waals surface area contributed by atoms with Crippen molar-refractivity contribution in [2.75, 3.05) is 4.43 Å². The van der Waals surface area contributed by atoms with Crippen molar-refractivity contribution in [3.05, 3.63) is 22.5 Å². The van der Waals surface area contributed by atoms with E-state index in [0.29, 0.717) is 4.43 Å². The van der Waals surface area contributed by atoms with Gasteiger partial charge in [-0.25, -0.2) is 0 Å². The van der Waals surface area contributed by atoms with E-state index in [1.165, 1.54) is 12.4 Å². The zero-order chi connectivity index (χ0) is 14.2. The molecule has 0 aromatic carbocycles. The maximum Gasteiger partial charge on any atom is 0.436 e. The highest BCUT2D eigenvalue weighted by Gasteiger charge is 2.46. The largest absolute Gasteiger partial charge is 0.436 e. The van der Waals surface area contributed by atoms with E-state index in [1.807, 2.05) is 22.6 Å². The van der Waals surface area contributed by atoms with Gasteiger partial charge in [0.2, 0.25) is 6.23 Å². The Morgan fingerprint density at radius 3 is 2.68 bits per heavy atom. The number of aliphatic hydroxyl groups excluding tert-OH is 3. The predicted molar refractivity (Wildman–Crippen MR) is 69.7 cm³/mol. The van der Waals surface area contributed by atoms with Crippen LogP contribution >= 0.6 is 22.6 Å². The Balaban J connectivity index is 2.32. The lowest BCUT2D eigenvalue weighted by Crippen LogP contribution is -2.55. The van der Waals surface area contributed by atoms with Gasteiger partial charge in [-0.15, -0.1) is 0 Å². The number of hydrogen-bond donors (Lipinski definition) is 3. The van der Waals surface area contributed by atoms with Crippen LogP contribution in [-0.4, -0.2) is 58.6 Å². The van der Waals surface area contributed by atoms with Gasteiger partial charge in [0.25, 0.3) is 0 Å². The summed E-state index contributed by atoms with van der Waals surface area (Å²) >= 11 is 1.95. The second-order valence-electron chi connectivity index (χ2n) is 4.08. The summed E-state index contributed by atoms with van der Waals surface area (Å²) in [6.07, 6.45) is -3.59. The first-order valence-corrected chi connectivity index (χ1v) is 6.92. The van der Waals surface area contributed by atoms with E-state index < -0.39 is 41.5 Å². The summed E-state index contributed by atoms with van der Waals surface area (Å²) in [5, 5.41) is 40.2.